The number of rotatable bonds is 6. The highest BCUT2D eigenvalue weighted by Gasteiger charge is 2.22. The summed E-state index contributed by atoms with van der Waals surface area (Å²) in [5.41, 5.74) is 5.30. The van der Waals surface area contributed by atoms with Crippen LogP contribution in [0.15, 0.2) is 77.7 Å². The number of carbonyl (C=O) groups is 1. The normalized spacial score (nSPS) is 15.2. The second kappa shape index (κ2) is 10.8. The molecule has 0 amide bonds. The van der Waals surface area contributed by atoms with Gasteiger partial charge in [0.2, 0.25) is 0 Å². The van der Waals surface area contributed by atoms with Crippen molar-refractivity contribution in [2.45, 2.75) is 25.9 Å². The predicted molar refractivity (Wildman–Crippen MR) is 154 cm³/mol. The van der Waals surface area contributed by atoms with Crippen LogP contribution in [0.25, 0.3) is 33.2 Å². The van der Waals surface area contributed by atoms with Crippen LogP contribution in [-0.4, -0.2) is 40.3 Å². The van der Waals surface area contributed by atoms with Gasteiger partial charge in [-0.3, -0.25) is 4.79 Å². The highest BCUT2D eigenvalue weighted by Crippen LogP contribution is 2.30. The van der Waals surface area contributed by atoms with E-state index in [1.807, 2.05) is 54.7 Å². The number of para-hydroxylation sites is 1. The van der Waals surface area contributed by atoms with E-state index in [0.29, 0.717) is 46.9 Å². The summed E-state index contributed by atoms with van der Waals surface area (Å²) in [5, 5.41) is 13.5. The van der Waals surface area contributed by atoms with E-state index in [1.54, 1.807) is 22.8 Å². The van der Waals surface area contributed by atoms with Gasteiger partial charge in [0.1, 0.15) is 5.69 Å². The molecular formula is C32H29N5O3. The van der Waals surface area contributed by atoms with Crippen LogP contribution in [0.2, 0.25) is 0 Å². The van der Waals surface area contributed by atoms with Crippen molar-refractivity contribution < 1.29 is 9.53 Å². The first-order valence-electron chi connectivity index (χ1n) is 13.5. The van der Waals surface area contributed by atoms with Crippen molar-refractivity contribution in [2.75, 3.05) is 20.2 Å². The smallest absolute Gasteiger partial charge is 0.337 e. The lowest BCUT2D eigenvalue weighted by atomic mass is 9.99. The van der Waals surface area contributed by atoms with Gasteiger partial charge in [0.15, 0.2) is 0 Å². The summed E-state index contributed by atoms with van der Waals surface area (Å²) in [4.78, 5) is 31.4. The number of nitriles is 1. The highest BCUT2D eigenvalue weighted by molar-refractivity contribution is 5.97. The number of esters is 1. The molecule has 0 saturated carbocycles. The number of carbonyl (C=O) groups excluding carboxylic acids is 1. The van der Waals surface area contributed by atoms with Crippen LogP contribution in [0.4, 0.5) is 0 Å². The molecule has 2 aromatic heterocycles. The van der Waals surface area contributed by atoms with Crippen molar-refractivity contribution >= 4 is 27.9 Å². The maximum absolute atomic E-state index is 14.2. The molecule has 1 fully saturated rings. The number of fused-ring (bicyclic) bond motifs is 2. The molecule has 3 heterocycles. The summed E-state index contributed by atoms with van der Waals surface area (Å²) in [6.45, 7) is 2.95. The number of benzene rings is 3. The van der Waals surface area contributed by atoms with Gasteiger partial charge in [-0.05, 0) is 73.8 Å². The number of methoxy groups -OCH3 is 1. The Morgan fingerprint density at radius 3 is 2.70 bits per heavy atom. The van der Waals surface area contributed by atoms with E-state index in [0.717, 1.165) is 48.0 Å². The first-order chi connectivity index (χ1) is 19.6. The number of nitrogens with zero attached hydrogens (tertiary/aromatic N) is 4. The van der Waals surface area contributed by atoms with Crippen molar-refractivity contribution in [1.82, 2.24) is 19.4 Å². The molecule has 1 atom stereocenters. The lowest BCUT2D eigenvalue weighted by molar-refractivity contribution is 0.0601. The van der Waals surface area contributed by atoms with Gasteiger partial charge in [-0.15, -0.1) is 0 Å². The Bertz CT molecular complexity index is 1820. The van der Waals surface area contributed by atoms with Crippen molar-refractivity contribution in [3.63, 3.8) is 0 Å². The third-order valence-electron chi connectivity index (χ3n) is 7.69. The zero-order valence-electron chi connectivity index (χ0n) is 22.3. The van der Waals surface area contributed by atoms with Crippen LogP contribution in [0.1, 0.15) is 34.3 Å². The Hall–Kier alpha value is -4.74. The molecular weight excluding hydrogens is 502 g/mol. The second-order valence-corrected chi connectivity index (χ2v) is 10.3. The molecule has 1 unspecified atom stereocenters. The lowest BCUT2D eigenvalue weighted by Crippen LogP contribution is -2.35. The summed E-state index contributed by atoms with van der Waals surface area (Å²) in [7, 11) is 1.35. The predicted octanol–water partition coefficient (Wildman–Crippen LogP) is 4.72. The second-order valence-electron chi connectivity index (χ2n) is 10.3. The molecule has 0 bridgehead atoms. The number of piperidine rings is 1. The van der Waals surface area contributed by atoms with E-state index >= 15 is 0 Å². The molecule has 1 aliphatic heterocycles. The molecule has 8 nitrogen and oxygen atoms in total. The summed E-state index contributed by atoms with van der Waals surface area (Å²) in [6, 6.07) is 22.9. The van der Waals surface area contributed by atoms with Crippen LogP contribution < -0.4 is 10.9 Å². The number of hydrogen-bond donors (Lipinski definition) is 1. The van der Waals surface area contributed by atoms with Crippen molar-refractivity contribution in [3.05, 3.63) is 100.0 Å². The maximum Gasteiger partial charge on any atom is 0.337 e. The Labute approximate surface area is 231 Å². The van der Waals surface area contributed by atoms with Gasteiger partial charge in [0, 0.05) is 35.8 Å². The fourth-order valence-electron chi connectivity index (χ4n) is 5.63. The molecule has 40 heavy (non-hydrogen) atoms. The lowest BCUT2D eigenvalue weighted by Gasteiger charge is -2.24. The summed E-state index contributed by atoms with van der Waals surface area (Å²) in [6.07, 6.45) is 4.08. The Morgan fingerprint density at radius 2 is 1.95 bits per heavy atom. The fourth-order valence-corrected chi connectivity index (χ4v) is 5.63. The first-order valence-corrected chi connectivity index (χ1v) is 13.5. The molecule has 5 aromatic rings. The standard InChI is InChI=1S/C32H29N5O3/c1-40-32(39)24-12-13-27-29(15-24)37(19-23-5-4-14-34-17-23)31(38)30(35-27)26-20-36(28-7-3-2-6-25(26)28)18-22-10-8-21(16-33)9-11-22/h2-3,6-13,15,20,23,34H,4-5,14,17-19H2,1H3. The van der Waals surface area contributed by atoms with Crippen LogP contribution in [0.5, 0.6) is 0 Å². The van der Waals surface area contributed by atoms with Gasteiger partial charge in [0.25, 0.3) is 5.56 Å². The zero-order valence-corrected chi connectivity index (χ0v) is 22.3. The maximum atomic E-state index is 14.2. The van der Waals surface area contributed by atoms with Gasteiger partial charge in [-0.1, -0.05) is 30.3 Å². The molecule has 0 radical (unpaired) electrons. The average Bonchev–Trinajstić information content (AvgIpc) is 3.36. The van der Waals surface area contributed by atoms with Gasteiger partial charge < -0.3 is 19.2 Å². The van der Waals surface area contributed by atoms with Crippen LogP contribution in [0, 0.1) is 17.2 Å². The number of nitrogens with one attached hydrogen (secondary N) is 1. The Kier molecular flexibility index (Phi) is 6.89. The van der Waals surface area contributed by atoms with E-state index in [-0.39, 0.29) is 5.56 Å². The minimum Gasteiger partial charge on any atom is -0.465 e. The van der Waals surface area contributed by atoms with E-state index in [9.17, 15) is 9.59 Å². The van der Waals surface area contributed by atoms with Crippen molar-refractivity contribution in [1.29, 1.82) is 5.26 Å². The fraction of sp³-hybridized carbons (Fsp3) is 0.250. The van der Waals surface area contributed by atoms with Crippen molar-refractivity contribution in [3.8, 4) is 17.3 Å². The van der Waals surface area contributed by atoms with E-state index in [2.05, 4.69) is 16.0 Å². The van der Waals surface area contributed by atoms with Crippen LogP contribution >= 0.6 is 0 Å². The molecule has 1 aliphatic rings. The van der Waals surface area contributed by atoms with E-state index in [1.165, 1.54) is 7.11 Å². The third kappa shape index (κ3) is 4.76. The molecule has 0 spiro atoms. The summed E-state index contributed by atoms with van der Waals surface area (Å²) >= 11 is 0. The van der Waals surface area contributed by atoms with Gasteiger partial charge in [-0.2, -0.15) is 5.26 Å². The monoisotopic (exact) mass is 531 g/mol. The Morgan fingerprint density at radius 1 is 1.12 bits per heavy atom. The van der Waals surface area contributed by atoms with E-state index < -0.39 is 5.97 Å². The molecule has 1 N–H and O–H groups in total. The van der Waals surface area contributed by atoms with E-state index in [4.69, 9.17) is 15.0 Å². The summed E-state index contributed by atoms with van der Waals surface area (Å²) in [5.74, 6) is -0.153. The number of aromatic nitrogens is 3. The minimum absolute atomic E-state index is 0.179. The quantitative estimate of drug-likeness (QED) is 0.318. The van der Waals surface area contributed by atoms with Crippen molar-refractivity contribution in [2.24, 2.45) is 5.92 Å². The molecule has 3 aromatic carbocycles. The van der Waals surface area contributed by atoms with Crippen LogP contribution in [0.3, 0.4) is 0 Å². The topological polar surface area (TPSA) is 102 Å². The molecule has 200 valence electrons. The number of ether oxygens (including phenoxy) is 1. The highest BCUT2D eigenvalue weighted by atomic mass is 16.5. The summed E-state index contributed by atoms with van der Waals surface area (Å²) < 4.78 is 8.84. The SMILES string of the molecule is COC(=O)c1ccc2nc(-c3cn(Cc4ccc(C#N)cc4)c4ccccc34)c(=O)n(CC3CCCNC3)c2c1. The van der Waals surface area contributed by atoms with Gasteiger partial charge in [-0.25, -0.2) is 9.78 Å². The first kappa shape index (κ1) is 25.5. The molecule has 6 rings (SSSR count). The Balaban J connectivity index is 1.51. The number of hydrogen-bond acceptors (Lipinski definition) is 6. The third-order valence-corrected chi connectivity index (χ3v) is 7.69. The molecule has 1 saturated heterocycles. The van der Waals surface area contributed by atoms with Gasteiger partial charge >= 0.3 is 5.97 Å². The van der Waals surface area contributed by atoms with Gasteiger partial charge in [0.05, 0.1) is 35.3 Å². The van der Waals surface area contributed by atoms with Crippen LogP contribution in [-0.2, 0) is 17.8 Å². The largest absolute Gasteiger partial charge is 0.465 e. The molecule has 0 aliphatic carbocycles. The molecule has 8 heteroatoms. The zero-order chi connectivity index (χ0) is 27.6. The average molecular weight is 532 g/mol. The minimum atomic E-state index is -0.449.